The number of benzene rings is 1. The molecule has 0 bridgehead atoms. The average molecular weight is 292 g/mol. The van der Waals surface area contributed by atoms with Gasteiger partial charge in [0.1, 0.15) is 5.82 Å². The van der Waals surface area contributed by atoms with E-state index in [4.69, 9.17) is 0 Å². The van der Waals surface area contributed by atoms with Crippen LogP contribution >= 0.6 is 0 Å². The van der Waals surface area contributed by atoms with Crippen LogP contribution in [-0.4, -0.2) is 30.4 Å². The number of amides is 1. The number of rotatable bonds is 4. The van der Waals surface area contributed by atoms with Crippen LogP contribution in [0.2, 0.25) is 0 Å². The van der Waals surface area contributed by atoms with Crippen molar-refractivity contribution in [3.05, 3.63) is 35.1 Å². The fourth-order valence-corrected chi connectivity index (χ4v) is 2.67. The van der Waals surface area contributed by atoms with E-state index in [9.17, 15) is 9.18 Å². The van der Waals surface area contributed by atoms with Crippen LogP contribution in [0.5, 0.6) is 0 Å². The highest BCUT2D eigenvalue weighted by atomic mass is 19.1. The van der Waals surface area contributed by atoms with E-state index in [2.05, 4.69) is 5.32 Å². The maximum Gasteiger partial charge on any atom is 0.236 e. The molecular formula is C17H25FN2O. The lowest BCUT2D eigenvalue weighted by Gasteiger charge is -2.22. The molecule has 1 heterocycles. The number of likely N-dealkylation sites (tertiary alicyclic amines) is 1. The van der Waals surface area contributed by atoms with E-state index < -0.39 is 0 Å². The predicted molar refractivity (Wildman–Crippen MR) is 82.6 cm³/mol. The highest BCUT2D eigenvalue weighted by Crippen LogP contribution is 2.16. The summed E-state index contributed by atoms with van der Waals surface area (Å²) in [6.45, 7) is 5.76. The summed E-state index contributed by atoms with van der Waals surface area (Å²) >= 11 is 0. The molecule has 1 aliphatic heterocycles. The highest BCUT2D eigenvalue weighted by Gasteiger charge is 2.16. The molecule has 4 heteroatoms. The Balaban J connectivity index is 1.86. The zero-order valence-corrected chi connectivity index (χ0v) is 13.0. The maximum absolute atomic E-state index is 13.6. The molecule has 0 saturated carbocycles. The minimum atomic E-state index is -0.194. The van der Waals surface area contributed by atoms with Gasteiger partial charge in [-0.3, -0.25) is 4.79 Å². The molecule has 1 atom stereocenters. The summed E-state index contributed by atoms with van der Waals surface area (Å²) in [4.78, 5) is 14.1. The normalized spacial score (nSPS) is 17.4. The summed E-state index contributed by atoms with van der Waals surface area (Å²) in [5, 5.41) is 3.21. The monoisotopic (exact) mass is 292 g/mol. The average Bonchev–Trinajstić information content (AvgIpc) is 2.76. The fraction of sp³-hybridized carbons (Fsp3) is 0.588. The third kappa shape index (κ3) is 4.53. The molecule has 21 heavy (non-hydrogen) atoms. The van der Waals surface area contributed by atoms with Gasteiger partial charge in [-0.1, -0.05) is 25.0 Å². The number of nitrogens with zero attached hydrogens (tertiary/aromatic N) is 1. The molecule has 0 aromatic heterocycles. The first kappa shape index (κ1) is 16.0. The van der Waals surface area contributed by atoms with Crippen LogP contribution in [0.3, 0.4) is 0 Å². The largest absolute Gasteiger partial charge is 0.342 e. The Kier molecular flexibility index (Phi) is 5.74. The molecule has 1 aliphatic rings. The van der Waals surface area contributed by atoms with E-state index >= 15 is 0 Å². The quantitative estimate of drug-likeness (QED) is 0.924. The minimum absolute atomic E-state index is 0.0315. The fourth-order valence-electron chi connectivity index (χ4n) is 2.67. The molecule has 1 fully saturated rings. The van der Waals surface area contributed by atoms with Gasteiger partial charge in [0.15, 0.2) is 0 Å². The Morgan fingerprint density at radius 2 is 1.95 bits per heavy atom. The number of nitrogens with one attached hydrogen (secondary N) is 1. The van der Waals surface area contributed by atoms with Gasteiger partial charge in [0.05, 0.1) is 6.54 Å². The summed E-state index contributed by atoms with van der Waals surface area (Å²) < 4.78 is 13.6. The molecule has 0 aliphatic carbocycles. The van der Waals surface area contributed by atoms with Crippen molar-refractivity contribution in [3.8, 4) is 0 Å². The van der Waals surface area contributed by atoms with Crippen LogP contribution < -0.4 is 5.32 Å². The van der Waals surface area contributed by atoms with Crippen molar-refractivity contribution >= 4 is 5.91 Å². The van der Waals surface area contributed by atoms with Gasteiger partial charge < -0.3 is 10.2 Å². The minimum Gasteiger partial charge on any atom is -0.342 e. The van der Waals surface area contributed by atoms with E-state index in [0.29, 0.717) is 12.1 Å². The van der Waals surface area contributed by atoms with E-state index in [1.165, 1.54) is 12.8 Å². The van der Waals surface area contributed by atoms with Crippen LogP contribution in [0.25, 0.3) is 0 Å². The molecule has 1 aromatic rings. The molecule has 116 valence electrons. The van der Waals surface area contributed by atoms with Gasteiger partial charge in [0.25, 0.3) is 0 Å². The van der Waals surface area contributed by atoms with Gasteiger partial charge in [-0.2, -0.15) is 0 Å². The molecule has 1 N–H and O–H groups in total. The van der Waals surface area contributed by atoms with Gasteiger partial charge >= 0.3 is 0 Å². The lowest BCUT2D eigenvalue weighted by atomic mass is 10.1. The van der Waals surface area contributed by atoms with Crippen LogP contribution in [0, 0.1) is 12.7 Å². The second-order valence-corrected chi connectivity index (χ2v) is 5.91. The number of carbonyl (C=O) groups excluding carboxylic acids is 1. The SMILES string of the molecule is Cc1ccc(C(C)NCC(=O)N2CCCCCC2)cc1F. The smallest absolute Gasteiger partial charge is 0.236 e. The third-order valence-corrected chi connectivity index (χ3v) is 4.21. The van der Waals surface area contributed by atoms with Crippen LogP contribution in [0.15, 0.2) is 18.2 Å². The van der Waals surface area contributed by atoms with Gasteiger partial charge in [-0.25, -0.2) is 4.39 Å². The van der Waals surface area contributed by atoms with E-state index in [0.717, 1.165) is 31.5 Å². The lowest BCUT2D eigenvalue weighted by Crippen LogP contribution is -2.39. The van der Waals surface area contributed by atoms with Crippen molar-refractivity contribution in [1.82, 2.24) is 10.2 Å². The first-order chi connectivity index (χ1) is 10.1. The van der Waals surface area contributed by atoms with Crippen molar-refractivity contribution in [1.29, 1.82) is 0 Å². The number of aryl methyl sites for hydroxylation is 1. The summed E-state index contributed by atoms with van der Waals surface area (Å²) in [5.41, 5.74) is 1.52. The predicted octanol–water partition coefficient (Wildman–Crippen LogP) is 3.19. The molecule has 1 amide bonds. The highest BCUT2D eigenvalue weighted by molar-refractivity contribution is 5.78. The zero-order valence-electron chi connectivity index (χ0n) is 13.0. The number of hydrogen-bond donors (Lipinski definition) is 1. The van der Waals surface area contributed by atoms with Crippen molar-refractivity contribution in [2.75, 3.05) is 19.6 Å². The molecule has 1 unspecified atom stereocenters. The van der Waals surface area contributed by atoms with Crippen molar-refractivity contribution in [2.45, 2.75) is 45.6 Å². The Morgan fingerprint density at radius 1 is 1.29 bits per heavy atom. The van der Waals surface area contributed by atoms with Crippen molar-refractivity contribution < 1.29 is 9.18 Å². The first-order valence-electron chi connectivity index (χ1n) is 7.85. The Hall–Kier alpha value is -1.42. The molecule has 0 radical (unpaired) electrons. The summed E-state index contributed by atoms with van der Waals surface area (Å²) in [6, 6.07) is 5.20. The first-order valence-corrected chi connectivity index (χ1v) is 7.85. The van der Waals surface area contributed by atoms with Crippen molar-refractivity contribution in [3.63, 3.8) is 0 Å². The van der Waals surface area contributed by atoms with Crippen molar-refractivity contribution in [2.24, 2.45) is 0 Å². The van der Waals surface area contributed by atoms with Crippen LogP contribution in [0.1, 0.15) is 49.8 Å². The molecule has 2 rings (SSSR count). The van der Waals surface area contributed by atoms with Gasteiger partial charge in [-0.15, -0.1) is 0 Å². The van der Waals surface area contributed by atoms with Gasteiger partial charge in [0.2, 0.25) is 5.91 Å². The topological polar surface area (TPSA) is 32.3 Å². The summed E-state index contributed by atoms with van der Waals surface area (Å²) in [6.07, 6.45) is 4.64. The van der Waals surface area contributed by atoms with E-state index in [1.807, 2.05) is 17.9 Å². The molecule has 0 spiro atoms. The molecular weight excluding hydrogens is 267 g/mol. The van der Waals surface area contributed by atoms with Gasteiger partial charge in [0, 0.05) is 19.1 Å². The summed E-state index contributed by atoms with van der Waals surface area (Å²) in [5.74, 6) is -0.0451. The van der Waals surface area contributed by atoms with Gasteiger partial charge in [-0.05, 0) is 43.9 Å². The Bertz CT molecular complexity index is 482. The molecule has 3 nitrogen and oxygen atoms in total. The van der Waals surface area contributed by atoms with E-state index in [1.54, 1.807) is 19.1 Å². The molecule has 1 saturated heterocycles. The summed E-state index contributed by atoms with van der Waals surface area (Å²) in [7, 11) is 0. The number of halogens is 1. The standard InChI is InChI=1S/C17H25FN2O/c1-13-7-8-15(11-16(13)18)14(2)19-12-17(21)20-9-5-3-4-6-10-20/h7-8,11,14,19H,3-6,9-10,12H2,1-2H3. The van der Waals surface area contributed by atoms with E-state index in [-0.39, 0.29) is 17.8 Å². The second kappa shape index (κ2) is 7.55. The number of hydrogen-bond acceptors (Lipinski definition) is 2. The Labute approximate surface area is 126 Å². The Morgan fingerprint density at radius 3 is 2.57 bits per heavy atom. The number of carbonyl (C=O) groups is 1. The molecule has 1 aromatic carbocycles. The van der Waals surface area contributed by atoms with Crippen LogP contribution in [-0.2, 0) is 4.79 Å². The maximum atomic E-state index is 13.6. The third-order valence-electron chi connectivity index (χ3n) is 4.21. The lowest BCUT2D eigenvalue weighted by molar-refractivity contribution is -0.130. The van der Waals surface area contributed by atoms with Crippen LogP contribution in [0.4, 0.5) is 4.39 Å². The second-order valence-electron chi connectivity index (χ2n) is 5.91. The zero-order chi connectivity index (χ0) is 15.2.